The summed E-state index contributed by atoms with van der Waals surface area (Å²) < 4.78 is 5.56. The number of aliphatic hydroxyl groups is 1. The molecule has 18 heavy (non-hydrogen) atoms. The lowest BCUT2D eigenvalue weighted by Gasteiger charge is -2.43. The van der Waals surface area contributed by atoms with Crippen molar-refractivity contribution in [3.63, 3.8) is 0 Å². The Kier molecular flexibility index (Phi) is 5.01. The SMILES string of the molecule is CCNC(CO)(CN1CCOCC1CC)C1CC1. The van der Waals surface area contributed by atoms with Crippen LogP contribution in [0.5, 0.6) is 0 Å². The smallest absolute Gasteiger partial charge is 0.0628 e. The molecule has 0 spiro atoms. The first-order chi connectivity index (χ1) is 8.75. The van der Waals surface area contributed by atoms with E-state index < -0.39 is 0 Å². The highest BCUT2D eigenvalue weighted by Crippen LogP contribution is 2.40. The number of ether oxygens (including phenoxy) is 1. The minimum absolute atomic E-state index is 0.0838. The van der Waals surface area contributed by atoms with Gasteiger partial charge in [-0.2, -0.15) is 0 Å². The van der Waals surface area contributed by atoms with Gasteiger partial charge in [0.05, 0.1) is 25.4 Å². The van der Waals surface area contributed by atoms with Crippen molar-refractivity contribution in [1.29, 1.82) is 0 Å². The Morgan fingerprint density at radius 2 is 2.17 bits per heavy atom. The van der Waals surface area contributed by atoms with Crippen LogP contribution in [0.2, 0.25) is 0 Å². The van der Waals surface area contributed by atoms with E-state index in [1.807, 2.05) is 0 Å². The van der Waals surface area contributed by atoms with Crippen molar-refractivity contribution in [1.82, 2.24) is 10.2 Å². The molecule has 4 heteroatoms. The van der Waals surface area contributed by atoms with Crippen LogP contribution in [-0.2, 0) is 4.74 Å². The Morgan fingerprint density at radius 1 is 1.39 bits per heavy atom. The summed E-state index contributed by atoms with van der Waals surface area (Å²) in [5, 5.41) is 13.5. The molecule has 2 rings (SSSR count). The first-order valence-electron chi connectivity index (χ1n) is 7.43. The molecule has 0 aromatic carbocycles. The zero-order valence-corrected chi connectivity index (χ0v) is 11.8. The van der Waals surface area contributed by atoms with Gasteiger partial charge in [-0.3, -0.25) is 4.90 Å². The third-order valence-corrected chi connectivity index (χ3v) is 4.48. The molecule has 0 bridgehead atoms. The molecule has 106 valence electrons. The van der Waals surface area contributed by atoms with E-state index in [9.17, 15) is 5.11 Å². The summed E-state index contributed by atoms with van der Waals surface area (Å²) in [5.74, 6) is 0.655. The molecule has 1 saturated heterocycles. The van der Waals surface area contributed by atoms with Crippen LogP contribution in [-0.4, -0.2) is 61.0 Å². The molecule has 0 amide bonds. The molecule has 1 saturated carbocycles. The van der Waals surface area contributed by atoms with Crippen LogP contribution < -0.4 is 5.32 Å². The molecule has 1 aliphatic heterocycles. The summed E-state index contributed by atoms with van der Waals surface area (Å²) in [6.07, 6.45) is 3.64. The van der Waals surface area contributed by atoms with Crippen LogP contribution >= 0.6 is 0 Å². The lowest BCUT2D eigenvalue weighted by atomic mass is 9.92. The first kappa shape index (κ1) is 14.3. The van der Waals surface area contributed by atoms with Crippen molar-refractivity contribution in [3.8, 4) is 0 Å². The number of nitrogens with zero attached hydrogens (tertiary/aromatic N) is 1. The number of nitrogens with one attached hydrogen (secondary N) is 1. The van der Waals surface area contributed by atoms with Gasteiger partial charge in [0, 0.05) is 19.1 Å². The van der Waals surface area contributed by atoms with Gasteiger partial charge in [0.15, 0.2) is 0 Å². The van der Waals surface area contributed by atoms with Crippen molar-refractivity contribution in [2.45, 2.75) is 44.7 Å². The number of hydrogen-bond acceptors (Lipinski definition) is 4. The molecule has 2 unspecified atom stereocenters. The van der Waals surface area contributed by atoms with Crippen LogP contribution in [0.15, 0.2) is 0 Å². The van der Waals surface area contributed by atoms with Gasteiger partial charge in [0.25, 0.3) is 0 Å². The van der Waals surface area contributed by atoms with E-state index in [2.05, 4.69) is 24.1 Å². The van der Waals surface area contributed by atoms with Crippen LogP contribution in [0.25, 0.3) is 0 Å². The van der Waals surface area contributed by atoms with Crippen molar-refractivity contribution < 1.29 is 9.84 Å². The average Bonchev–Trinajstić information content (AvgIpc) is 3.23. The Morgan fingerprint density at radius 3 is 2.72 bits per heavy atom. The van der Waals surface area contributed by atoms with E-state index >= 15 is 0 Å². The van der Waals surface area contributed by atoms with Crippen molar-refractivity contribution >= 4 is 0 Å². The summed E-state index contributed by atoms with van der Waals surface area (Å²) in [6, 6.07) is 0.516. The topological polar surface area (TPSA) is 44.7 Å². The maximum atomic E-state index is 9.89. The summed E-state index contributed by atoms with van der Waals surface area (Å²) >= 11 is 0. The summed E-state index contributed by atoms with van der Waals surface area (Å²) in [4.78, 5) is 2.51. The fraction of sp³-hybridized carbons (Fsp3) is 1.00. The molecule has 4 nitrogen and oxygen atoms in total. The number of aliphatic hydroxyl groups excluding tert-OH is 1. The van der Waals surface area contributed by atoms with Crippen LogP contribution in [0.1, 0.15) is 33.1 Å². The maximum Gasteiger partial charge on any atom is 0.0628 e. The Bertz CT molecular complexity index is 258. The molecule has 2 aliphatic rings. The summed E-state index contributed by atoms with van der Waals surface area (Å²) in [6.45, 7) is 9.16. The second-order valence-corrected chi connectivity index (χ2v) is 5.73. The van der Waals surface area contributed by atoms with Gasteiger partial charge in [-0.05, 0) is 31.7 Å². The lowest BCUT2D eigenvalue weighted by Crippen LogP contribution is -2.61. The predicted octanol–water partition coefficient (Wildman–Crippen LogP) is 0.848. The highest BCUT2D eigenvalue weighted by molar-refractivity contribution is 5.03. The van der Waals surface area contributed by atoms with Gasteiger partial charge >= 0.3 is 0 Å². The molecule has 1 heterocycles. The Balaban J connectivity index is 2.02. The minimum atomic E-state index is -0.0838. The second kappa shape index (κ2) is 6.33. The molecular formula is C14H28N2O2. The predicted molar refractivity (Wildman–Crippen MR) is 72.7 cm³/mol. The first-order valence-corrected chi connectivity index (χ1v) is 7.43. The van der Waals surface area contributed by atoms with Gasteiger partial charge in [-0.15, -0.1) is 0 Å². The molecule has 0 radical (unpaired) electrons. The van der Waals surface area contributed by atoms with E-state index in [0.717, 1.165) is 39.3 Å². The second-order valence-electron chi connectivity index (χ2n) is 5.73. The van der Waals surface area contributed by atoms with Gasteiger partial charge in [0.2, 0.25) is 0 Å². The molecular weight excluding hydrogens is 228 g/mol. The Labute approximate surface area is 111 Å². The Hall–Kier alpha value is -0.160. The average molecular weight is 256 g/mol. The van der Waals surface area contributed by atoms with Crippen LogP contribution in [0.4, 0.5) is 0 Å². The van der Waals surface area contributed by atoms with E-state index in [1.54, 1.807) is 0 Å². The molecule has 2 N–H and O–H groups in total. The van der Waals surface area contributed by atoms with E-state index in [-0.39, 0.29) is 12.1 Å². The fourth-order valence-corrected chi connectivity index (χ4v) is 3.19. The number of morpholine rings is 1. The van der Waals surface area contributed by atoms with E-state index in [1.165, 1.54) is 12.8 Å². The van der Waals surface area contributed by atoms with Gasteiger partial charge in [-0.25, -0.2) is 0 Å². The third-order valence-electron chi connectivity index (χ3n) is 4.48. The van der Waals surface area contributed by atoms with Crippen molar-refractivity contribution in [3.05, 3.63) is 0 Å². The lowest BCUT2D eigenvalue weighted by molar-refractivity contribution is -0.0307. The van der Waals surface area contributed by atoms with Gasteiger partial charge in [-0.1, -0.05) is 13.8 Å². The molecule has 1 aliphatic carbocycles. The number of likely N-dealkylation sites (N-methyl/N-ethyl adjacent to an activating group) is 1. The zero-order chi connectivity index (χ0) is 13.0. The molecule has 0 aromatic rings. The monoisotopic (exact) mass is 256 g/mol. The molecule has 2 atom stereocenters. The zero-order valence-electron chi connectivity index (χ0n) is 11.8. The summed E-state index contributed by atoms with van der Waals surface area (Å²) in [5.41, 5.74) is -0.0838. The number of rotatable bonds is 7. The number of hydrogen-bond donors (Lipinski definition) is 2. The van der Waals surface area contributed by atoms with Gasteiger partial charge < -0.3 is 15.2 Å². The van der Waals surface area contributed by atoms with E-state index in [0.29, 0.717) is 12.0 Å². The van der Waals surface area contributed by atoms with Crippen LogP contribution in [0.3, 0.4) is 0 Å². The van der Waals surface area contributed by atoms with Crippen LogP contribution in [0, 0.1) is 5.92 Å². The standard InChI is InChI=1S/C14H28N2O2/c1-3-13-9-18-8-7-16(13)10-14(11-17,15-4-2)12-5-6-12/h12-13,15,17H,3-11H2,1-2H3. The van der Waals surface area contributed by atoms with E-state index in [4.69, 9.17) is 4.74 Å². The summed E-state index contributed by atoms with van der Waals surface area (Å²) in [7, 11) is 0. The quantitative estimate of drug-likeness (QED) is 0.709. The minimum Gasteiger partial charge on any atom is -0.394 e. The largest absolute Gasteiger partial charge is 0.394 e. The highest BCUT2D eigenvalue weighted by Gasteiger charge is 2.46. The highest BCUT2D eigenvalue weighted by atomic mass is 16.5. The maximum absolute atomic E-state index is 9.89. The fourth-order valence-electron chi connectivity index (χ4n) is 3.19. The molecule has 2 fully saturated rings. The normalized spacial score (nSPS) is 29.2. The third kappa shape index (κ3) is 3.05. The van der Waals surface area contributed by atoms with Crippen molar-refractivity contribution in [2.24, 2.45) is 5.92 Å². The molecule has 0 aromatic heterocycles. The van der Waals surface area contributed by atoms with Crippen molar-refractivity contribution in [2.75, 3.05) is 39.5 Å². The van der Waals surface area contributed by atoms with Gasteiger partial charge in [0.1, 0.15) is 0 Å².